The maximum Gasteiger partial charge on any atom is 0.332 e. The molecule has 0 unspecified atom stereocenters. The Kier molecular flexibility index (Phi) is 7.66. The monoisotopic (exact) mass is 342 g/mol. The largest absolute Gasteiger partial charge is 0.478 e. The smallest absolute Gasteiger partial charge is 0.332 e. The number of carboxylic acid groups (broad SMARTS) is 1. The fraction of sp³-hybridized carbons (Fsp3) is 0.522. The summed E-state index contributed by atoms with van der Waals surface area (Å²) in [4.78, 5) is 11.3. The Bertz CT molecular complexity index is 650. The van der Waals surface area contributed by atoms with Gasteiger partial charge in [-0.3, -0.25) is 0 Å². The predicted molar refractivity (Wildman–Crippen MR) is 108 cm³/mol. The van der Waals surface area contributed by atoms with Gasteiger partial charge in [0.2, 0.25) is 0 Å². The van der Waals surface area contributed by atoms with Gasteiger partial charge in [0.15, 0.2) is 0 Å². The van der Waals surface area contributed by atoms with Gasteiger partial charge in [-0.2, -0.15) is 0 Å². The van der Waals surface area contributed by atoms with Crippen LogP contribution < -0.4 is 0 Å². The van der Waals surface area contributed by atoms with Crippen LogP contribution in [0.25, 0.3) is 0 Å². The minimum Gasteiger partial charge on any atom is -0.478 e. The lowest BCUT2D eigenvalue weighted by atomic mass is 9.72. The van der Waals surface area contributed by atoms with Crippen molar-refractivity contribution in [2.24, 2.45) is 11.3 Å². The number of allylic oxidation sites excluding steroid dienone is 9. The summed E-state index contributed by atoms with van der Waals surface area (Å²) < 4.78 is 0. The van der Waals surface area contributed by atoms with Crippen LogP contribution in [0.15, 0.2) is 58.2 Å². The van der Waals surface area contributed by atoms with Gasteiger partial charge in [0.25, 0.3) is 0 Å². The van der Waals surface area contributed by atoms with Crippen LogP contribution in [0.4, 0.5) is 0 Å². The Hall–Kier alpha value is -1.83. The van der Waals surface area contributed by atoms with E-state index in [-0.39, 0.29) is 11.3 Å². The summed E-state index contributed by atoms with van der Waals surface area (Å²) in [6.45, 7) is 14.6. The highest BCUT2D eigenvalue weighted by molar-refractivity contribution is 5.88. The fourth-order valence-electron chi connectivity index (χ4n) is 3.59. The molecule has 0 heterocycles. The summed E-state index contributed by atoms with van der Waals surface area (Å²) in [5, 5.41) is 9.30. The summed E-state index contributed by atoms with van der Waals surface area (Å²) in [5.74, 6) is -0.824. The summed E-state index contributed by atoms with van der Waals surface area (Å²) in [6.07, 6.45) is 14.0. The number of hydrogen-bond acceptors (Lipinski definition) is 1. The van der Waals surface area contributed by atoms with Gasteiger partial charge in [-0.25, -0.2) is 4.79 Å². The predicted octanol–water partition coefficient (Wildman–Crippen LogP) is 6.63. The van der Waals surface area contributed by atoms with E-state index < -0.39 is 5.97 Å². The van der Waals surface area contributed by atoms with Crippen LogP contribution in [0, 0.1) is 11.3 Å². The van der Waals surface area contributed by atoms with E-state index in [1.54, 1.807) is 0 Å². The van der Waals surface area contributed by atoms with Crippen molar-refractivity contribution in [3.05, 3.63) is 58.2 Å². The van der Waals surface area contributed by atoms with Gasteiger partial charge in [-0.15, -0.1) is 0 Å². The number of carboxylic acids is 1. The Morgan fingerprint density at radius 1 is 1.20 bits per heavy atom. The first-order valence-electron chi connectivity index (χ1n) is 9.23. The SMILES string of the molecule is CC1=C(/C=C/C(C)=C/C=C/C(C)=C(/C(=O)O)C(C)C)C(C)(C)CCC1. The molecule has 0 aromatic heterocycles. The van der Waals surface area contributed by atoms with Crippen molar-refractivity contribution in [3.63, 3.8) is 0 Å². The zero-order valence-corrected chi connectivity index (χ0v) is 16.9. The van der Waals surface area contributed by atoms with Crippen LogP contribution in [0.1, 0.15) is 67.7 Å². The molecule has 0 fully saturated rings. The zero-order chi connectivity index (χ0) is 19.2. The van der Waals surface area contributed by atoms with E-state index in [1.807, 2.05) is 39.0 Å². The first kappa shape index (κ1) is 21.2. The summed E-state index contributed by atoms with van der Waals surface area (Å²) in [7, 11) is 0. The average molecular weight is 343 g/mol. The third-order valence-electron chi connectivity index (χ3n) is 4.99. The molecule has 25 heavy (non-hydrogen) atoms. The second-order valence-electron chi connectivity index (χ2n) is 8.09. The topological polar surface area (TPSA) is 37.3 Å². The Morgan fingerprint density at radius 3 is 2.36 bits per heavy atom. The van der Waals surface area contributed by atoms with E-state index in [0.29, 0.717) is 5.57 Å². The van der Waals surface area contributed by atoms with Crippen molar-refractivity contribution >= 4 is 5.97 Å². The molecule has 0 amide bonds. The van der Waals surface area contributed by atoms with Gasteiger partial charge >= 0.3 is 5.97 Å². The van der Waals surface area contributed by atoms with Gasteiger partial charge in [-0.05, 0) is 62.5 Å². The fourth-order valence-corrected chi connectivity index (χ4v) is 3.59. The Balaban J connectivity index is 2.92. The number of rotatable bonds is 6. The van der Waals surface area contributed by atoms with E-state index in [2.05, 4.69) is 39.8 Å². The standard InChI is InChI=1S/C23H34O2/c1-16(2)21(22(24)25)19(5)11-8-10-17(3)13-14-20-18(4)12-9-15-23(20,6)7/h8,10-11,13-14,16H,9,12,15H2,1-7H3,(H,24,25)/b11-8+,14-13+,17-10+,21-19+. The molecule has 1 N–H and O–H groups in total. The van der Waals surface area contributed by atoms with Gasteiger partial charge < -0.3 is 5.11 Å². The second kappa shape index (κ2) is 9.03. The molecule has 0 aromatic rings. The van der Waals surface area contributed by atoms with Gasteiger partial charge in [-0.1, -0.05) is 69.2 Å². The summed E-state index contributed by atoms with van der Waals surface area (Å²) in [6, 6.07) is 0. The lowest BCUT2D eigenvalue weighted by molar-refractivity contribution is -0.133. The second-order valence-corrected chi connectivity index (χ2v) is 8.09. The molecular formula is C23H34O2. The van der Waals surface area contributed by atoms with Crippen LogP contribution in [0.5, 0.6) is 0 Å². The molecule has 0 atom stereocenters. The molecule has 0 bridgehead atoms. The molecule has 1 aliphatic rings. The molecule has 1 rings (SSSR count). The maximum absolute atomic E-state index is 11.3. The van der Waals surface area contributed by atoms with Crippen molar-refractivity contribution in [2.75, 3.05) is 0 Å². The number of carbonyl (C=O) groups is 1. The highest BCUT2D eigenvalue weighted by Crippen LogP contribution is 2.40. The van der Waals surface area contributed by atoms with Crippen molar-refractivity contribution in [1.29, 1.82) is 0 Å². The highest BCUT2D eigenvalue weighted by Gasteiger charge is 2.26. The first-order chi connectivity index (χ1) is 11.6. The van der Waals surface area contributed by atoms with Crippen LogP contribution in [-0.4, -0.2) is 11.1 Å². The maximum atomic E-state index is 11.3. The zero-order valence-electron chi connectivity index (χ0n) is 16.9. The van der Waals surface area contributed by atoms with E-state index in [9.17, 15) is 9.90 Å². The highest BCUT2D eigenvalue weighted by atomic mass is 16.4. The molecule has 0 saturated heterocycles. The van der Waals surface area contributed by atoms with E-state index in [0.717, 1.165) is 11.1 Å². The lowest BCUT2D eigenvalue weighted by Crippen LogP contribution is -2.19. The molecule has 2 heteroatoms. The molecule has 1 aliphatic carbocycles. The van der Waals surface area contributed by atoms with Crippen LogP contribution in [0.2, 0.25) is 0 Å². The number of aliphatic carboxylic acids is 1. The normalized spacial score (nSPS) is 19.9. The molecule has 0 spiro atoms. The molecular weight excluding hydrogens is 308 g/mol. The summed E-state index contributed by atoms with van der Waals surface area (Å²) >= 11 is 0. The van der Waals surface area contributed by atoms with Crippen LogP contribution in [-0.2, 0) is 4.79 Å². The average Bonchev–Trinajstić information content (AvgIpc) is 2.45. The minimum absolute atomic E-state index is 0.00978. The van der Waals surface area contributed by atoms with Gasteiger partial charge in [0.05, 0.1) is 0 Å². The van der Waals surface area contributed by atoms with E-state index in [4.69, 9.17) is 0 Å². The quantitative estimate of drug-likeness (QED) is 0.434. The van der Waals surface area contributed by atoms with E-state index >= 15 is 0 Å². The molecule has 138 valence electrons. The minimum atomic E-state index is -0.834. The van der Waals surface area contributed by atoms with Crippen molar-refractivity contribution in [2.45, 2.75) is 67.7 Å². The van der Waals surface area contributed by atoms with E-state index in [1.165, 1.54) is 30.4 Å². The van der Waals surface area contributed by atoms with Crippen molar-refractivity contribution in [3.8, 4) is 0 Å². The van der Waals surface area contributed by atoms with Crippen LogP contribution >= 0.6 is 0 Å². The first-order valence-corrected chi connectivity index (χ1v) is 9.23. The van der Waals surface area contributed by atoms with Gasteiger partial charge in [0.1, 0.15) is 0 Å². The molecule has 0 aliphatic heterocycles. The molecule has 0 saturated carbocycles. The Morgan fingerprint density at radius 2 is 1.84 bits per heavy atom. The van der Waals surface area contributed by atoms with Gasteiger partial charge in [0, 0.05) is 5.57 Å². The summed E-state index contributed by atoms with van der Waals surface area (Å²) in [5.41, 5.74) is 5.65. The third kappa shape index (κ3) is 6.19. The Labute approximate surface area is 153 Å². The molecule has 0 aromatic carbocycles. The third-order valence-corrected chi connectivity index (χ3v) is 4.99. The molecule has 0 radical (unpaired) electrons. The van der Waals surface area contributed by atoms with Crippen molar-refractivity contribution < 1.29 is 9.90 Å². The lowest BCUT2D eigenvalue weighted by Gasteiger charge is -2.32. The molecule has 2 nitrogen and oxygen atoms in total. The number of hydrogen-bond donors (Lipinski definition) is 1. The van der Waals surface area contributed by atoms with Crippen molar-refractivity contribution in [1.82, 2.24) is 0 Å². The van der Waals surface area contributed by atoms with Crippen LogP contribution in [0.3, 0.4) is 0 Å².